The molecule has 2 fully saturated rings. The molecule has 0 bridgehead atoms. The summed E-state index contributed by atoms with van der Waals surface area (Å²) in [6.07, 6.45) is 8.66. The summed E-state index contributed by atoms with van der Waals surface area (Å²) in [6, 6.07) is 1.96. The number of H-pyrrole nitrogens is 1. The number of carbonyl (C=O) groups is 1. The Balaban J connectivity index is 1.46. The summed E-state index contributed by atoms with van der Waals surface area (Å²) in [5.74, 6) is 2.51. The minimum absolute atomic E-state index is 0.285. The average molecular weight is 353 g/mol. The molecule has 6 heteroatoms. The molecule has 138 valence electrons. The predicted octanol–water partition coefficient (Wildman–Crippen LogP) is 3.18. The lowest BCUT2D eigenvalue weighted by atomic mass is 9.90. The van der Waals surface area contributed by atoms with Crippen molar-refractivity contribution in [2.45, 2.75) is 51.9 Å². The van der Waals surface area contributed by atoms with Crippen LogP contribution in [0.15, 0.2) is 18.5 Å². The molecule has 1 aliphatic carbocycles. The van der Waals surface area contributed by atoms with E-state index in [0.717, 1.165) is 68.0 Å². The smallest absolute Gasteiger partial charge is 0.225 e. The van der Waals surface area contributed by atoms with E-state index in [9.17, 15) is 4.79 Å². The summed E-state index contributed by atoms with van der Waals surface area (Å²) < 4.78 is 0. The lowest BCUT2D eigenvalue weighted by Crippen LogP contribution is -2.39. The quantitative estimate of drug-likeness (QED) is 0.896. The maximum Gasteiger partial charge on any atom is 0.225 e. The van der Waals surface area contributed by atoms with Gasteiger partial charge in [0.25, 0.3) is 0 Å². The Labute approximate surface area is 154 Å². The predicted molar refractivity (Wildman–Crippen MR) is 99.4 cm³/mol. The fourth-order valence-corrected chi connectivity index (χ4v) is 3.99. The van der Waals surface area contributed by atoms with Gasteiger partial charge >= 0.3 is 0 Å². The maximum absolute atomic E-state index is 12.4. The van der Waals surface area contributed by atoms with Gasteiger partial charge in [-0.15, -0.1) is 0 Å². The average Bonchev–Trinajstić information content (AvgIpc) is 3.19. The second-order valence-corrected chi connectivity index (χ2v) is 7.72. The van der Waals surface area contributed by atoms with Crippen molar-refractivity contribution in [2.24, 2.45) is 11.8 Å². The van der Waals surface area contributed by atoms with Crippen LogP contribution in [0, 0.1) is 11.8 Å². The number of rotatable bonds is 5. The molecule has 0 unspecified atom stereocenters. The number of aromatic amines is 1. The molecule has 2 aromatic heterocycles. The van der Waals surface area contributed by atoms with Crippen LogP contribution in [-0.2, 0) is 11.2 Å². The first kappa shape index (κ1) is 17.2. The molecule has 1 saturated heterocycles. The first-order valence-electron chi connectivity index (χ1n) is 9.81. The molecule has 0 radical (unpaired) electrons. The van der Waals surface area contributed by atoms with Crippen LogP contribution in [0.3, 0.4) is 0 Å². The molecule has 2 aliphatic rings. The van der Waals surface area contributed by atoms with E-state index in [1.54, 1.807) is 0 Å². The van der Waals surface area contributed by atoms with Crippen LogP contribution in [0.5, 0.6) is 0 Å². The number of hydrogen-bond donors (Lipinski definition) is 1. The van der Waals surface area contributed by atoms with Crippen LogP contribution < -0.4 is 0 Å². The standard InChI is InChI=1S/C20H27N5O/c1-3-4-18-21-8-5-17(23-18)16-12-22-24-19(16)14-6-9-25(10-7-14)20(26)15-11-13(15)2/h5,8,12-15H,3-4,6-7,9-11H2,1-2H3,(H,22,24)/t13-,15+/m0/s1. The number of piperidine rings is 1. The molecule has 26 heavy (non-hydrogen) atoms. The van der Waals surface area contributed by atoms with Crippen molar-refractivity contribution in [3.63, 3.8) is 0 Å². The molecular weight excluding hydrogens is 326 g/mol. The molecule has 3 heterocycles. The van der Waals surface area contributed by atoms with Crippen molar-refractivity contribution in [3.8, 4) is 11.3 Å². The number of carbonyl (C=O) groups excluding carboxylic acids is 1. The van der Waals surface area contributed by atoms with Crippen molar-refractivity contribution < 1.29 is 4.79 Å². The maximum atomic E-state index is 12.4. The van der Waals surface area contributed by atoms with Gasteiger partial charge in [-0.05, 0) is 37.7 Å². The Hall–Kier alpha value is -2.24. The van der Waals surface area contributed by atoms with Gasteiger partial charge in [-0.25, -0.2) is 9.97 Å². The first-order chi connectivity index (χ1) is 12.7. The van der Waals surface area contributed by atoms with E-state index in [0.29, 0.717) is 17.7 Å². The van der Waals surface area contributed by atoms with Crippen LogP contribution in [0.25, 0.3) is 11.3 Å². The van der Waals surface area contributed by atoms with Gasteiger partial charge < -0.3 is 4.90 Å². The van der Waals surface area contributed by atoms with Gasteiger partial charge in [0, 0.05) is 48.8 Å². The first-order valence-corrected chi connectivity index (χ1v) is 9.81. The van der Waals surface area contributed by atoms with Crippen LogP contribution in [-0.4, -0.2) is 44.1 Å². The van der Waals surface area contributed by atoms with Gasteiger partial charge in [0.2, 0.25) is 5.91 Å². The van der Waals surface area contributed by atoms with Gasteiger partial charge in [0.1, 0.15) is 5.82 Å². The van der Waals surface area contributed by atoms with Gasteiger partial charge in [-0.3, -0.25) is 9.89 Å². The summed E-state index contributed by atoms with van der Waals surface area (Å²) in [5.41, 5.74) is 3.17. The number of amides is 1. The molecular formula is C20H27N5O. The minimum Gasteiger partial charge on any atom is -0.342 e. The number of nitrogens with one attached hydrogen (secondary N) is 1. The Morgan fingerprint density at radius 1 is 1.35 bits per heavy atom. The Kier molecular flexibility index (Phi) is 4.74. The summed E-state index contributed by atoms with van der Waals surface area (Å²) in [4.78, 5) is 23.6. The summed E-state index contributed by atoms with van der Waals surface area (Å²) >= 11 is 0. The fraction of sp³-hybridized carbons (Fsp3) is 0.600. The number of aromatic nitrogens is 4. The molecule has 2 aromatic rings. The molecule has 0 spiro atoms. The largest absolute Gasteiger partial charge is 0.342 e. The summed E-state index contributed by atoms with van der Waals surface area (Å²) in [5, 5.41) is 7.48. The van der Waals surface area contributed by atoms with E-state index in [-0.39, 0.29) is 5.92 Å². The second kappa shape index (κ2) is 7.17. The van der Waals surface area contributed by atoms with Gasteiger partial charge in [0.05, 0.1) is 11.9 Å². The van der Waals surface area contributed by atoms with E-state index in [1.165, 1.54) is 0 Å². The summed E-state index contributed by atoms with van der Waals surface area (Å²) in [7, 11) is 0. The zero-order valence-electron chi connectivity index (χ0n) is 15.6. The highest BCUT2D eigenvalue weighted by Gasteiger charge is 2.42. The lowest BCUT2D eigenvalue weighted by Gasteiger charge is -2.32. The summed E-state index contributed by atoms with van der Waals surface area (Å²) in [6.45, 7) is 5.99. The van der Waals surface area contributed by atoms with E-state index in [4.69, 9.17) is 4.98 Å². The number of aryl methyl sites for hydroxylation is 1. The Bertz CT molecular complexity index is 778. The highest BCUT2D eigenvalue weighted by Crippen LogP contribution is 2.40. The molecule has 6 nitrogen and oxygen atoms in total. The third-order valence-corrected chi connectivity index (χ3v) is 5.77. The molecule has 0 aromatic carbocycles. The van der Waals surface area contributed by atoms with E-state index >= 15 is 0 Å². The lowest BCUT2D eigenvalue weighted by molar-refractivity contribution is -0.133. The van der Waals surface area contributed by atoms with Gasteiger partial charge in [-0.2, -0.15) is 5.10 Å². The number of likely N-dealkylation sites (tertiary alicyclic amines) is 1. The van der Waals surface area contributed by atoms with Crippen molar-refractivity contribution in [3.05, 3.63) is 30.0 Å². The number of hydrogen-bond acceptors (Lipinski definition) is 4. The zero-order valence-corrected chi connectivity index (χ0v) is 15.6. The Morgan fingerprint density at radius 2 is 2.12 bits per heavy atom. The normalized spacial score (nSPS) is 23.2. The van der Waals surface area contributed by atoms with Crippen molar-refractivity contribution in [2.75, 3.05) is 13.1 Å². The van der Waals surface area contributed by atoms with E-state index < -0.39 is 0 Å². The van der Waals surface area contributed by atoms with Crippen molar-refractivity contribution in [1.29, 1.82) is 0 Å². The van der Waals surface area contributed by atoms with Gasteiger partial charge in [0.15, 0.2) is 0 Å². The molecule has 1 aliphatic heterocycles. The number of nitrogens with zero attached hydrogens (tertiary/aromatic N) is 4. The monoisotopic (exact) mass is 353 g/mol. The van der Waals surface area contributed by atoms with Crippen LogP contribution >= 0.6 is 0 Å². The third kappa shape index (κ3) is 3.37. The SMILES string of the molecule is CCCc1nccc(-c2cn[nH]c2C2CCN(C(=O)[C@@H]3C[C@@H]3C)CC2)n1. The topological polar surface area (TPSA) is 74.8 Å². The zero-order chi connectivity index (χ0) is 18.1. The highest BCUT2D eigenvalue weighted by molar-refractivity contribution is 5.81. The fourth-order valence-electron chi connectivity index (χ4n) is 3.99. The van der Waals surface area contributed by atoms with Crippen molar-refractivity contribution in [1.82, 2.24) is 25.1 Å². The molecule has 1 saturated carbocycles. The minimum atomic E-state index is 0.285. The highest BCUT2D eigenvalue weighted by atomic mass is 16.2. The molecule has 4 rings (SSSR count). The molecule has 2 atom stereocenters. The second-order valence-electron chi connectivity index (χ2n) is 7.72. The third-order valence-electron chi connectivity index (χ3n) is 5.77. The molecule has 1 N–H and O–H groups in total. The van der Waals surface area contributed by atoms with Gasteiger partial charge in [-0.1, -0.05) is 13.8 Å². The van der Waals surface area contributed by atoms with Crippen molar-refractivity contribution >= 4 is 5.91 Å². The molecule has 1 amide bonds. The van der Waals surface area contributed by atoms with Crippen LogP contribution in [0.1, 0.15) is 57.0 Å². The van der Waals surface area contributed by atoms with E-state index in [1.807, 2.05) is 18.5 Å². The van der Waals surface area contributed by atoms with Crippen LogP contribution in [0.4, 0.5) is 0 Å². The Morgan fingerprint density at radius 3 is 2.81 bits per heavy atom. The van der Waals surface area contributed by atoms with Crippen LogP contribution in [0.2, 0.25) is 0 Å². The van der Waals surface area contributed by atoms with E-state index in [2.05, 4.69) is 33.9 Å².